The summed E-state index contributed by atoms with van der Waals surface area (Å²) in [6.45, 7) is 0. The zero-order valence-corrected chi connectivity index (χ0v) is 13.1. The van der Waals surface area contributed by atoms with E-state index < -0.39 is 24.1 Å². The summed E-state index contributed by atoms with van der Waals surface area (Å²) >= 11 is 0. The first kappa shape index (κ1) is 18.1. The molecule has 0 unspecified atom stereocenters. The highest BCUT2D eigenvalue weighted by Crippen LogP contribution is 2.39. The molecule has 25 heavy (non-hydrogen) atoms. The van der Waals surface area contributed by atoms with Crippen molar-refractivity contribution in [1.29, 1.82) is 5.26 Å². The zero-order valence-electron chi connectivity index (χ0n) is 13.1. The van der Waals surface area contributed by atoms with Gasteiger partial charge in [-0.15, -0.1) is 0 Å². The summed E-state index contributed by atoms with van der Waals surface area (Å²) in [4.78, 5) is 11.6. The van der Waals surface area contributed by atoms with Crippen LogP contribution in [0.2, 0.25) is 0 Å². The summed E-state index contributed by atoms with van der Waals surface area (Å²) in [6, 6.07) is 10.9. The van der Waals surface area contributed by atoms with Gasteiger partial charge in [0, 0.05) is 0 Å². The number of anilines is 1. The molecule has 1 N–H and O–H groups in total. The molecule has 2 rings (SSSR count). The summed E-state index contributed by atoms with van der Waals surface area (Å²) in [5.41, 5.74) is -1.15. The predicted molar refractivity (Wildman–Crippen MR) is 83.4 cm³/mol. The monoisotopic (exact) mass is 350 g/mol. The van der Waals surface area contributed by atoms with E-state index >= 15 is 0 Å². The number of methoxy groups -OCH3 is 1. The Morgan fingerprint density at radius 2 is 1.84 bits per heavy atom. The average Bonchev–Trinajstić information content (AvgIpc) is 2.56. The molecule has 0 aromatic heterocycles. The van der Waals surface area contributed by atoms with Crippen molar-refractivity contribution in [2.75, 3.05) is 12.4 Å². The molecule has 0 aliphatic rings. The molecule has 130 valence electrons. The molecular formula is C17H13F3N2O3. The summed E-state index contributed by atoms with van der Waals surface area (Å²) in [6.07, 6.45) is -5.08. The van der Waals surface area contributed by atoms with E-state index in [-0.39, 0.29) is 17.2 Å². The van der Waals surface area contributed by atoms with Crippen LogP contribution in [-0.2, 0) is 11.0 Å². The van der Waals surface area contributed by atoms with Gasteiger partial charge in [-0.25, -0.2) is 0 Å². The van der Waals surface area contributed by atoms with E-state index in [2.05, 4.69) is 5.32 Å². The quantitative estimate of drug-likeness (QED) is 0.870. The normalized spacial score (nSPS) is 10.7. The molecule has 0 bridgehead atoms. The highest BCUT2D eigenvalue weighted by molar-refractivity contribution is 5.93. The van der Waals surface area contributed by atoms with Crippen molar-refractivity contribution >= 4 is 11.6 Å². The lowest BCUT2D eigenvalue weighted by molar-refractivity contribution is -0.137. The van der Waals surface area contributed by atoms with E-state index in [9.17, 15) is 18.0 Å². The molecule has 2 aromatic rings. The van der Waals surface area contributed by atoms with Crippen LogP contribution in [0.3, 0.4) is 0 Å². The van der Waals surface area contributed by atoms with Gasteiger partial charge in [-0.05, 0) is 30.3 Å². The fourth-order valence-electron chi connectivity index (χ4n) is 1.98. The first-order valence-electron chi connectivity index (χ1n) is 7.04. The van der Waals surface area contributed by atoms with Gasteiger partial charge in [-0.3, -0.25) is 4.79 Å². The first-order chi connectivity index (χ1) is 11.8. The fraction of sp³-hybridized carbons (Fsp3) is 0.176. The minimum Gasteiger partial charge on any atom is -0.493 e. The number of rotatable bonds is 5. The molecule has 8 heteroatoms. The smallest absolute Gasteiger partial charge is 0.416 e. The number of alkyl halides is 3. The van der Waals surface area contributed by atoms with Crippen LogP contribution < -0.4 is 14.8 Å². The molecule has 0 aliphatic heterocycles. The second-order valence-electron chi connectivity index (χ2n) is 4.84. The summed E-state index contributed by atoms with van der Waals surface area (Å²) in [5, 5.41) is 10.8. The Kier molecular flexibility index (Phi) is 5.49. The van der Waals surface area contributed by atoms with E-state index in [0.717, 1.165) is 18.2 Å². The van der Waals surface area contributed by atoms with Gasteiger partial charge < -0.3 is 14.8 Å². The molecule has 5 nitrogen and oxygen atoms in total. The van der Waals surface area contributed by atoms with Gasteiger partial charge in [-0.1, -0.05) is 12.1 Å². The van der Waals surface area contributed by atoms with Crippen LogP contribution in [0.5, 0.6) is 17.2 Å². The van der Waals surface area contributed by atoms with Crippen LogP contribution in [0.25, 0.3) is 0 Å². The van der Waals surface area contributed by atoms with Gasteiger partial charge in [-0.2, -0.15) is 18.4 Å². The number of nitrogens with one attached hydrogen (secondary N) is 1. The third kappa shape index (κ3) is 4.64. The number of para-hydroxylation sites is 2. The van der Waals surface area contributed by atoms with E-state index in [4.69, 9.17) is 14.7 Å². The number of hydrogen-bond acceptors (Lipinski definition) is 4. The van der Waals surface area contributed by atoms with Crippen LogP contribution in [-0.4, -0.2) is 13.0 Å². The molecule has 1 amide bonds. The van der Waals surface area contributed by atoms with Gasteiger partial charge in [0.2, 0.25) is 5.91 Å². The number of amides is 1. The van der Waals surface area contributed by atoms with Crippen molar-refractivity contribution < 1.29 is 27.4 Å². The topological polar surface area (TPSA) is 71.3 Å². The van der Waals surface area contributed by atoms with E-state index in [1.165, 1.54) is 7.11 Å². The van der Waals surface area contributed by atoms with Gasteiger partial charge in [0.15, 0.2) is 17.2 Å². The summed E-state index contributed by atoms with van der Waals surface area (Å²) in [5.74, 6) is -0.118. The molecule has 0 saturated carbocycles. The molecule has 0 saturated heterocycles. The molecular weight excluding hydrogens is 337 g/mol. The SMILES string of the molecule is COc1ccccc1Oc1ccc(C(F)(F)F)cc1NC(=O)CC#N. The van der Waals surface area contributed by atoms with Crippen LogP contribution in [0.15, 0.2) is 42.5 Å². The Labute approximate surface area is 141 Å². The minimum absolute atomic E-state index is 0.0104. The number of nitriles is 1. The van der Waals surface area contributed by atoms with Gasteiger partial charge in [0.1, 0.15) is 6.42 Å². The van der Waals surface area contributed by atoms with Crippen molar-refractivity contribution in [2.45, 2.75) is 12.6 Å². The molecule has 0 spiro atoms. The van der Waals surface area contributed by atoms with Gasteiger partial charge in [0.05, 0.1) is 24.4 Å². The van der Waals surface area contributed by atoms with Crippen LogP contribution >= 0.6 is 0 Å². The van der Waals surface area contributed by atoms with Crippen molar-refractivity contribution in [3.63, 3.8) is 0 Å². The van der Waals surface area contributed by atoms with Gasteiger partial charge >= 0.3 is 6.18 Å². The molecule has 0 atom stereocenters. The standard InChI is InChI=1S/C17H13F3N2O3/c1-24-14-4-2-3-5-15(14)25-13-7-6-11(17(18,19)20)10-12(13)22-16(23)8-9-21/h2-7,10H,8H2,1H3,(H,22,23). The predicted octanol–water partition coefficient (Wildman–Crippen LogP) is 4.36. The maximum absolute atomic E-state index is 12.9. The van der Waals surface area contributed by atoms with E-state index in [1.807, 2.05) is 0 Å². The lowest BCUT2D eigenvalue weighted by Crippen LogP contribution is -2.13. The molecule has 2 aromatic carbocycles. The maximum atomic E-state index is 12.9. The van der Waals surface area contributed by atoms with E-state index in [1.54, 1.807) is 30.3 Å². The fourth-order valence-corrected chi connectivity index (χ4v) is 1.98. The lowest BCUT2D eigenvalue weighted by Gasteiger charge is -2.16. The second-order valence-corrected chi connectivity index (χ2v) is 4.84. The van der Waals surface area contributed by atoms with Crippen LogP contribution in [0.1, 0.15) is 12.0 Å². The Bertz CT molecular complexity index is 814. The second kappa shape index (κ2) is 7.57. The number of nitrogens with zero attached hydrogens (tertiary/aromatic N) is 1. The Hall–Kier alpha value is -3.21. The third-order valence-corrected chi connectivity index (χ3v) is 3.11. The largest absolute Gasteiger partial charge is 0.493 e. The van der Waals surface area contributed by atoms with Crippen molar-refractivity contribution in [3.05, 3.63) is 48.0 Å². The van der Waals surface area contributed by atoms with Crippen LogP contribution in [0.4, 0.5) is 18.9 Å². The van der Waals surface area contributed by atoms with Crippen molar-refractivity contribution in [1.82, 2.24) is 0 Å². The van der Waals surface area contributed by atoms with E-state index in [0.29, 0.717) is 5.75 Å². The van der Waals surface area contributed by atoms with Crippen molar-refractivity contribution in [3.8, 4) is 23.3 Å². The number of halogens is 3. The van der Waals surface area contributed by atoms with Crippen LogP contribution in [0, 0.1) is 11.3 Å². The number of carbonyl (C=O) groups is 1. The zero-order chi connectivity index (χ0) is 18.4. The number of benzene rings is 2. The third-order valence-electron chi connectivity index (χ3n) is 3.11. The highest BCUT2D eigenvalue weighted by Gasteiger charge is 2.31. The number of carbonyl (C=O) groups excluding carboxylic acids is 1. The first-order valence-corrected chi connectivity index (χ1v) is 7.04. The average molecular weight is 350 g/mol. The summed E-state index contributed by atoms with van der Waals surface area (Å²) < 4.78 is 49.4. The Morgan fingerprint density at radius 3 is 2.44 bits per heavy atom. The number of ether oxygens (including phenoxy) is 2. The van der Waals surface area contributed by atoms with Crippen molar-refractivity contribution in [2.24, 2.45) is 0 Å². The molecule has 0 aliphatic carbocycles. The Balaban J connectivity index is 2.42. The van der Waals surface area contributed by atoms with Gasteiger partial charge in [0.25, 0.3) is 0 Å². The molecule has 0 heterocycles. The minimum atomic E-state index is -4.59. The summed E-state index contributed by atoms with van der Waals surface area (Å²) in [7, 11) is 1.42. The highest BCUT2D eigenvalue weighted by atomic mass is 19.4. The Morgan fingerprint density at radius 1 is 1.16 bits per heavy atom. The molecule has 0 fully saturated rings. The maximum Gasteiger partial charge on any atom is 0.416 e. The lowest BCUT2D eigenvalue weighted by atomic mass is 10.1. The molecule has 0 radical (unpaired) electrons. The number of hydrogen-bond donors (Lipinski definition) is 1.